The third-order valence-corrected chi connectivity index (χ3v) is 2.67. The van der Waals surface area contributed by atoms with Crippen LogP contribution in [0.5, 0.6) is 0 Å². The molecule has 0 radical (unpaired) electrons. The SMILES string of the molecule is CCCc1nc(Cl)cc(NCC(O)CC(C)C)n1. The highest BCUT2D eigenvalue weighted by atomic mass is 35.5. The molecule has 0 fully saturated rings. The minimum atomic E-state index is -0.367. The molecule has 4 nitrogen and oxygen atoms in total. The molecule has 0 aliphatic rings. The number of aliphatic hydroxyl groups is 1. The van der Waals surface area contributed by atoms with Crippen LogP contribution in [-0.2, 0) is 6.42 Å². The summed E-state index contributed by atoms with van der Waals surface area (Å²) in [6.07, 6.45) is 2.20. The van der Waals surface area contributed by atoms with E-state index in [9.17, 15) is 5.11 Å². The van der Waals surface area contributed by atoms with E-state index in [-0.39, 0.29) is 6.10 Å². The van der Waals surface area contributed by atoms with Gasteiger partial charge in [-0.2, -0.15) is 0 Å². The van der Waals surface area contributed by atoms with Crippen LogP contribution in [0.25, 0.3) is 0 Å². The minimum Gasteiger partial charge on any atom is -0.391 e. The number of anilines is 1. The highest BCUT2D eigenvalue weighted by Crippen LogP contribution is 2.13. The predicted molar refractivity (Wildman–Crippen MR) is 75.0 cm³/mol. The van der Waals surface area contributed by atoms with Gasteiger partial charge in [0.2, 0.25) is 0 Å². The number of hydrogen-bond acceptors (Lipinski definition) is 4. The van der Waals surface area contributed by atoms with Gasteiger partial charge in [-0.1, -0.05) is 32.4 Å². The van der Waals surface area contributed by atoms with Crippen LogP contribution in [0.4, 0.5) is 5.82 Å². The number of aromatic nitrogens is 2. The summed E-state index contributed by atoms with van der Waals surface area (Å²) in [5.41, 5.74) is 0. The molecule has 0 saturated heterocycles. The van der Waals surface area contributed by atoms with Crippen LogP contribution in [0.3, 0.4) is 0 Å². The highest BCUT2D eigenvalue weighted by Gasteiger charge is 2.08. The van der Waals surface area contributed by atoms with E-state index in [4.69, 9.17) is 11.6 Å². The number of nitrogens with zero attached hydrogens (tertiary/aromatic N) is 2. The summed E-state index contributed by atoms with van der Waals surface area (Å²) in [7, 11) is 0. The van der Waals surface area contributed by atoms with Crippen LogP contribution < -0.4 is 5.32 Å². The standard InChI is InChI=1S/C13H22ClN3O/c1-4-5-12-16-11(14)7-13(17-12)15-8-10(18)6-9(2)3/h7,9-10,18H,4-6,8H2,1-3H3,(H,15,16,17). The van der Waals surface area contributed by atoms with Gasteiger partial charge in [0.05, 0.1) is 6.10 Å². The maximum absolute atomic E-state index is 9.78. The Kier molecular flexibility index (Phi) is 6.36. The van der Waals surface area contributed by atoms with Crippen LogP contribution in [0, 0.1) is 5.92 Å². The first-order valence-electron chi connectivity index (χ1n) is 6.46. The third-order valence-electron chi connectivity index (χ3n) is 2.48. The van der Waals surface area contributed by atoms with Gasteiger partial charge >= 0.3 is 0 Å². The Labute approximate surface area is 114 Å². The number of rotatable bonds is 7. The molecule has 1 atom stereocenters. The molecule has 0 saturated carbocycles. The lowest BCUT2D eigenvalue weighted by atomic mass is 10.1. The average molecular weight is 272 g/mol. The van der Waals surface area contributed by atoms with Crippen molar-refractivity contribution in [2.24, 2.45) is 5.92 Å². The van der Waals surface area contributed by atoms with E-state index in [0.29, 0.717) is 23.4 Å². The molecule has 0 aliphatic carbocycles. The molecule has 102 valence electrons. The van der Waals surface area contributed by atoms with E-state index in [2.05, 4.69) is 36.1 Å². The van der Waals surface area contributed by atoms with Gasteiger partial charge in [0.15, 0.2) is 0 Å². The number of hydrogen-bond donors (Lipinski definition) is 2. The van der Waals surface area contributed by atoms with Gasteiger partial charge in [-0.15, -0.1) is 0 Å². The Bertz CT molecular complexity index is 371. The van der Waals surface area contributed by atoms with Crippen molar-refractivity contribution in [1.82, 2.24) is 9.97 Å². The fourth-order valence-corrected chi connectivity index (χ4v) is 1.94. The average Bonchev–Trinajstić information content (AvgIpc) is 2.25. The Hall–Kier alpha value is -0.870. The van der Waals surface area contributed by atoms with Crippen LogP contribution in [0.1, 0.15) is 39.4 Å². The van der Waals surface area contributed by atoms with E-state index in [0.717, 1.165) is 25.1 Å². The Morgan fingerprint density at radius 1 is 1.39 bits per heavy atom. The number of aryl methyl sites for hydroxylation is 1. The van der Waals surface area contributed by atoms with Crippen molar-refractivity contribution in [3.63, 3.8) is 0 Å². The fourth-order valence-electron chi connectivity index (χ4n) is 1.74. The molecule has 5 heteroatoms. The van der Waals surface area contributed by atoms with Crippen molar-refractivity contribution in [3.05, 3.63) is 17.0 Å². The maximum Gasteiger partial charge on any atom is 0.134 e. The summed E-state index contributed by atoms with van der Waals surface area (Å²) in [6, 6.07) is 1.68. The fraction of sp³-hybridized carbons (Fsp3) is 0.692. The molecule has 1 unspecified atom stereocenters. The van der Waals surface area contributed by atoms with E-state index < -0.39 is 0 Å². The van der Waals surface area contributed by atoms with E-state index in [1.165, 1.54) is 0 Å². The second-order valence-corrected chi connectivity index (χ2v) is 5.29. The molecule has 18 heavy (non-hydrogen) atoms. The van der Waals surface area contributed by atoms with Crippen molar-refractivity contribution >= 4 is 17.4 Å². The van der Waals surface area contributed by atoms with Gasteiger partial charge in [0.25, 0.3) is 0 Å². The molecule has 0 spiro atoms. The third kappa shape index (κ3) is 5.65. The van der Waals surface area contributed by atoms with Crippen LogP contribution in [0.2, 0.25) is 5.15 Å². The Morgan fingerprint density at radius 2 is 2.11 bits per heavy atom. The van der Waals surface area contributed by atoms with Gasteiger partial charge in [0.1, 0.15) is 16.8 Å². The lowest BCUT2D eigenvalue weighted by Gasteiger charge is -2.14. The zero-order chi connectivity index (χ0) is 13.5. The van der Waals surface area contributed by atoms with Crippen molar-refractivity contribution in [1.29, 1.82) is 0 Å². The van der Waals surface area contributed by atoms with Gasteiger partial charge in [-0.25, -0.2) is 9.97 Å². The van der Waals surface area contributed by atoms with Crippen LogP contribution in [0.15, 0.2) is 6.07 Å². The topological polar surface area (TPSA) is 58.0 Å². The smallest absolute Gasteiger partial charge is 0.134 e. The highest BCUT2D eigenvalue weighted by molar-refractivity contribution is 6.29. The first-order valence-corrected chi connectivity index (χ1v) is 6.84. The quantitative estimate of drug-likeness (QED) is 0.749. The lowest BCUT2D eigenvalue weighted by molar-refractivity contribution is 0.161. The molecule has 1 heterocycles. The zero-order valence-electron chi connectivity index (χ0n) is 11.3. The van der Waals surface area contributed by atoms with Gasteiger partial charge in [-0.05, 0) is 18.8 Å². The molecule has 0 bridgehead atoms. The summed E-state index contributed by atoms with van der Waals surface area (Å²) in [5, 5.41) is 13.3. The number of nitrogens with one attached hydrogen (secondary N) is 1. The van der Waals surface area contributed by atoms with Gasteiger partial charge in [0, 0.05) is 19.0 Å². The lowest BCUT2D eigenvalue weighted by Crippen LogP contribution is -2.21. The van der Waals surface area contributed by atoms with Crippen LogP contribution in [-0.4, -0.2) is 27.7 Å². The Morgan fingerprint density at radius 3 is 2.72 bits per heavy atom. The number of aliphatic hydroxyl groups excluding tert-OH is 1. The molecule has 1 aromatic rings. The maximum atomic E-state index is 9.78. The van der Waals surface area contributed by atoms with Crippen molar-refractivity contribution in [2.75, 3.05) is 11.9 Å². The van der Waals surface area contributed by atoms with E-state index in [1.54, 1.807) is 6.07 Å². The molecule has 0 aliphatic heterocycles. The van der Waals surface area contributed by atoms with E-state index >= 15 is 0 Å². The van der Waals surface area contributed by atoms with Crippen molar-refractivity contribution in [3.8, 4) is 0 Å². The molecule has 0 aromatic carbocycles. The summed E-state index contributed by atoms with van der Waals surface area (Å²) in [6.45, 7) is 6.73. The minimum absolute atomic E-state index is 0.367. The second-order valence-electron chi connectivity index (χ2n) is 4.91. The van der Waals surface area contributed by atoms with Gasteiger partial charge < -0.3 is 10.4 Å². The van der Waals surface area contributed by atoms with Crippen molar-refractivity contribution in [2.45, 2.75) is 46.1 Å². The summed E-state index contributed by atoms with van der Waals surface area (Å²) >= 11 is 5.93. The summed E-state index contributed by atoms with van der Waals surface area (Å²) in [4.78, 5) is 8.51. The zero-order valence-corrected chi connectivity index (χ0v) is 12.0. The first kappa shape index (κ1) is 15.2. The Balaban J connectivity index is 2.56. The second kappa shape index (κ2) is 7.54. The van der Waals surface area contributed by atoms with Crippen LogP contribution >= 0.6 is 11.6 Å². The van der Waals surface area contributed by atoms with E-state index in [1.807, 2.05) is 0 Å². The molecule has 1 rings (SSSR count). The molecule has 0 amide bonds. The molecular weight excluding hydrogens is 250 g/mol. The predicted octanol–water partition coefficient (Wildman–Crippen LogP) is 2.90. The summed E-state index contributed by atoms with van der Waals surface area (Å²) < 4.78 is 0. The largest absolute Gasteiger partial charge is 0.391 e. The van der Waals surface area contributed by atoms with Gasteiger partial charge in [-0.3, -0.25) is 0 Å². The summed E-state index contributed by atoms with van der Waals surface area (Å²) in [5.74, 6) is 1.90. The van der Waals surface area contributed by atoms with Crippen molar-refractivity contribution < 1.29 is 5.11 Å². The first-order chi connectivity index (χ1) is 8.51. The molecular formula is C13H22ClN3O. The molecule has 2 N–H and O–H groups in total. The normalized spacial score (nSPS) is 12.8. The molecule has 1 aromatic heterocycles. The monoisotopic (exact) mass is 271 g/mol. The number of halogens is 1.